The van der Waals surface area contributed by atoms with Gasteiger partial charge in [0.05, 0.1) is 12.3 Å². The Bertz CT molecular complexity index is 680. The zero-order chi connectivity index (χ0) is 18.0. The summed E-state index contributed by atoms with van der Waals surface area (Å²) in [5.74, 6) is -0.0435. The van der Waals surface area contributed by atoms with Crippen molar-refractivity contribution in [3.05, 3.63) is 35.4 Å². The molecule has 3 rings (SSSR count). The molecule has 25 heavy (non-hydrogen) atoms. The quantitative estimate of drug-likeness (QED) is 0.811. The molecular formula is C19H25N3O3. The van der Waals surface area contributed by atoms with Gasteiger partial charge in [-0.3, -0.25) is 14.4 Å². The van der Waals surface area contributed by atoms with E-state index in [1.54, 1.807) is 16.8 Å². The Morgan fingerprint density at radius 3 is 2.32 bits per heavy atom. The molecule has 0 unspecified atom stereocenters. The number of carbonyl (C=O) groups is 3. The van der Waals surface area contributed by atoms with Gasteiger partial charge in [0.1, 0.15) is 0 Å². The van der Waals surface area contributed by atoms with E-state index in [0.29, 0.717) is 45.6 Å². The fourth-order valence-corrected chi connectivity index (χ4v) is 3.55. The lowest BCUT2D eigenvalue weighted by Gasteiger charge is -2.36. The maximum Gasteiger partial charge on any atom is 0.228 e. The first-order valence-electron chi connectivity index (χ1n) is 8.80. The molecular weight excluding hydrogens is 318 g/mol. The maximum atomic E-state index is 12.5. The first-order chi connectivity index (χ1) is 12.0. The van der Waals surface area contributed by atoms with E-state index in [4.69, 9.17) is 0 Å². The first-order valence-corrected chi connectivity index (χ1v) is 8.80. The van der Waals surface area contributed by atoms with Gasteiger partial charge in [-0.05, 0) is 18.1 Å². The Balaban J connectivity index is 1.51. The van der Waals surface area contributed by atoms with Crippen LogP contribution < -0.4 is 0 Å². The van der Waals surface area contributed by atoms with Crippen LogP contribution in [0.4, 0.5) is 0 Å². The molecule has 1 aromatic rings. The van der Waals surface area contributed by atoms with Crippen molar-refractivity contribution in [2.24, 2.45) is 5.92 Å². The predicted octanol–water partition coefficient (Wildman–Crippen LogP) is 0.687. The third kappa shape index (κ3) is 3.83. The average molecular weight is 343 g/mol. The second-order valence-electron chi connectivity index (χ2n) is 6.98. The lowest BCUT2D eigenvalue weighted by molar-refractivity contribution is -0.141. The summed E-state index contributed by atoms with van der Waals surface area (Å²) < 4.78 is 0. The molecule has 1 aromatic carbocycles. The average Bonchev–Trinajstić information content (AvgIpc) is 2.95. The number of piperazine rings is 1. The van der Waals surface area contributed by atoms with E-state index in [9.17, 15) is 14.4 Å². The maximum absolute atomic E-state index is 12.5. The van der Waals surface area contributed by atoms with Crippen LogP contribution in [0, 0.1) is 12.8 Å². The molecule has 1 atom stereocenters. The molecule has 0 saturated carbocycles. The van der Waals surface area contributed by atoms with Gasteiger partial charge in [-0.2, -0.15) is 0 Å². The molecule has 0 radical (unpaired) electrons. The summed E-state index contributed by atoms with van der Waals surface area (Å²) in [5, 5.41) is 0. The lowest BCUT2D eigenvalue weighted by Crippen LogP contribution is -2.52. The SMILES string of the molecule is Cc1ccccc1CC(=O)N1CCN(C(=O)[C@@H]2CC(=O)N(C)C2)CC1. The predicted molar refractivity (Wildman–Crippen MR) is 93.8 cm³/mol. The third-order valence-corrected chi connectivity index (χ3v) is 5.24. The van der Waals surface area contributed by atoms with Crippen LogP contribution in [0.2, 0.25) is 0 Å². The topological polar surface area (TPSA) is 60.9 Å². The monoisotopic (exact) mass is 343 g/mol. The number of rotatable bonds is 3. The van der Waals surface area contributed by atoms with Crippen molar-refractivity contribution in [2.75, 3.05) is 39.8 Å². The largest absolute Gasteiger partial charge is 0.345 e. The zero-order valence-corrected chi connectivity index (χ0v) is 14.9. The molecule has 2 heterocycles. The van der Waals surface area contributed by atoms with E-state index in [1.807, 2.05) is 36.1 Å². The van der Waals surface area contributed by atoms with Gasteiger partial charge in [0.2, 0.25) is 17.7 Å². The number of benzene rings is 1. The van der Waals surface area contributed by atoms with Gasteiger partial charge in [0.25, 0.3) is 0 Å². The van der Waals surface area contributed by atoms with Crippen molar-refractivity contribution in [2.45, 2.75) is 19.8 Å². The fourth-order valence-electron chi connectivity index (χ4n) is 3.55. The molecule has 6 heteroatoms. The van der Waals surface area contributed by atoms with E-state index in [-0.39, 0.29) is 23.6 Å². The molecule has 0 bridgehead atoms. The highest BCUT2D eigenvalue weighted by atomic mass is 16.2. The molecule has 2 fully saturated rings. The molecule has 0 aliphatic carbocycles. The minimum Gasteiger partial charge on any atom is -0.345 e. The number of hydrogen-bond donors (Lipinski definition) is 0. The summed E-state index contributed by atoms with van der Waals surface area (Å²) in [7, 11) is 1.73. The van der Waals surface area contributed by atoms with Crippen LogP contribution >= 0.6 is 0 Å². The summed E-state index contributed by atoms with van der Waals surface area (Å²) in [6.07, 6.45) is 0.713. The van der Waals surface area contributed by atoms with Crippen LogP contribution in [0.15, 0.2) is 24.3 Å². The Kier molecular flexibility index (Phi) is 5.06. The minimum absolute atomic E-state index is 0.0328. The molecule has 2 saturated heterocycles. The smallest absolute Gasteiger partial charge is 0.228 e. The Morgan fingerprint density at radius 1 is 1.08 bits per heavy atom. The highest BCUT2D eigenvalue weighted by Gasteiger charge is 2.36. The molecule has 2 aliphatic rings. The van der Waals surface area contributed by atoms with E-state index in [0.717, 1.165) is 11.1 Å². The zero-order valence-electron chi connectivity index (χ0n) is 14.9. The second kappa shape index (κ2) is 7.25. The van der Waals surface area contributed by atoms with E-state index in [2.05, 4.69) is 0 Å². The Morgan fingerprint density at radius 2 is 1.72 bits per heavy atom. The summed E-state index contributed by atoms with van der Waals surface area (Å²) in [6, 6.07) is 7.92. The van der Waals surface area contributed by atoms with E-state index < -0.39 is 0 Å². The van der Waals surface area contributed by atoms with Gasteiger partial charge in [-0.1, -0.05) is 24.3 Å². The van der Waals surface area contributed by atoms with Gasteiger partial charge in [0, 0.05) is 46.2 Å². The number of aryl methyl sites for hydroxylation is 1. The number of nitrogens with zero attached hydrogens (tertiary/aromatic N) is 3. The molecule has 6 nitrogen and oxygen atoms in total. The van der Waals surface area contributed by atoms with Crippen molar-refractivity contribution in [3.63, 3.8) is 0 Å². The number of likely N-dealkylation sites (tertiary alicyclic amines) is 1. The lowest BCUT2D eigenvalue weighted by atomic mass is 10.0. The van der Waals surface area contributed by atoms with Crippen LogP contribution in [-0.4, -0.2) is 72.2 Å². The molecule has 3 amide bonds. The fraction of sp³-hybridized carbons (Fsp3) is 0.526. The Labute approximate surface area is 148 Å². The van der Waals surface area contributed by atoms with Gasteiger partial charge in [-0.15, -0.1) is 0 Å². The highest BCUT2D eigenvalue weighted by Crippen LogP contribution is 2.20. The van der Waals surface area contributed by atoms with Gasteiger partial charge in [-0.25, -0.2) is 0 Å². The molecule has 2 aliphatic heterocycles. The normalized spacial score (nSPS) is 21.0. The summed E-state index contributed by atoms with van der Waals surface area (Å²) >= 11 is 0. The number of amides is 3. The molecule has 0 N–H and O–H groups in total. The van der Waals surface area contributed by atoms with Gasteiger partial charge < -0.3 is 14.7 Å². The Hall–Kier alpha value is -2.37. The second-order valence-corrected chi connectivity index (χ2v) is 6.98. The van der Waals surface area contributed by atoms with Crippen molar-refractivity contribution < 1.29 is 14.4 Å². The van der Waals surface area contributed by atoms with Crippen LogP contribution in [0.3, 0.4) is 0 Å². The standard InChI is InChI=1S/C19H25N3O3/c1-14-5-3-4-6-15(14)11-18(24)21-7-9-22(10-8-21)19(25)16-12-17(23)20(2)13-16/h3-6,16H,7-13H2,1-2H3/t16-/m1/s1. The van der Waals surface area contributed by atoms with Crippen molar-refractivity contribution in [3.8, 4) is 0 Å². The molecule has 134 valence electrons. The van der Waals surface area contributed by atoms with Crippen LogP contribution in [0.25, 0.3) is 0 Å². The number of carbonyl (C=O) groups excluding carboxylic acids is 3. The van der Waals surface area contributed by atoms with Crippen LogP contribution in [0.1, 0.15) is 17.5 Å². The third-order valence-electron chi connectivity index (χ3n) is 5.24. The summed E-state index contributed by atoms with van der Waals surface area (Å²) in [6.45, 7) is 4.74. The summed E-state index contributed by atoms with van der Waals surface area (Å²) in [4.78, 5) is 41.9. The molecule has 0 spiro atoms. The minimum atomic E-state index is -0.230. The van der Waals surface area contributed by atoms with E-state index >= 15 is 0 Å². The molecule has 0 aromatic heterocycles. The van der Waals surface area contributed by atoms with Crippen molar-refractivity contribution in [1.82, 2.24) is 14.7 Å². The highest BCUT2D eigenvalue weighted by molar-refractivity contribution is 5.89. The van der Waals surface area contributed by atoms with Crippen LogP contribution in [-0.2, 0) is 20.8 Å². The number of hydrogen-bond acceptors (Lipinski definition) is 3. The first kappa shape index (κ1) is 17.5. The summed E-state index contributed by atoms with van der Waals surface area (Å²) in [5.41, 5.74) is 2.18. The van der Waals surface area contributed by atoms with Crippen molar-refractivity contribution in [1.29, 1.82) is 0 Å². The van der Waals surface area contributed by atoms with Gasteiger partial charge in [0.15, 0.2) is 0 Å². The van der Waals surface area contributed by atoms with Crippen LogP contribution in [0.5, 0.6) is 0 Å². The van der Waals surface area contributed by atoms with Gasteiger partial charge >= 0.3 is 0 Å². The van der Waals surface area contributed by atoms with E-state index in [1.165, 1.54) is 0 Å². The van der Waals surface area contributed by atoms with Crippen molar-refractivity contribution >= 4 is 17.7 Å².